The summed E-state index contributed by atoms with van der Waals surface area (Å²) in [6.07, 6.45) is 1.69. The van der Waals surface area contributed by atoms with E-state index in [1.165, 1.54) is 0 Å². The van der Waals surface area contributed by atoms with Crippen molar-refractivity contribution in [3.63, 3.8) is 0 Å². The van der Waals surface area contributed by atoms with Gasteiger partial charge in [-0.3, -0.25) is 0 Å². The van der Waals surface area contributed by atoms with Crippen LogP contribution in [0.5, 0.6) is 0 Å². The van der Waals surface area contributed by atoms with Crippen LogP contribution in [0.3, 0.4) is 0 Å². The van der Waals surface area contributed by atoms with Crippen LogP contribution < -0.4 is 0 Å². The van der Waals surface area contributed by atoms with Gasteiger partial charge in [-0.1, -0.05) is 0 Å². The number of nitrogens with zero attached hydrogens (tertiary/aromatic N) is 2. The number of hydrogen-bond donors (Lipinski definition) is 0. The monoisotopic (exact) mass is 179 g/mol. The van der Waals surface area contributed by atoms with Crippen molar-refractivity contribution in [2.24, 2.45) is 0 Å². The van der Waals surface area contributed by atoms with E-state index in [9.17, 15) is 5.21 Å². The largest absolute Gasteiger partial charge is 0.758 e. The molecule has 0 amide bonds. The molecule has 1 heterocycles. The Bertz CT molecular complexity index is 299. The van der Waals surface area contributed by atoms with Crippen molar-refractivity contribution < 1.29 is 4.74 Å². The van der Waals surface area contributed by atoms with Crippen molar-refractivity contribution in [3.05, 3.63) is 28.1 Å². The molecule has 0 spiro atoms. The van der Waals surface area contributed by atoms with Gasteiger partial charge in [-0.25, -0.2) is 0 Å². The van der Waals surface area contributed by atoms with Crippen LogP contribution >= 0.6 is 0 Å². The summed E-state index contributed by atoms with van der Waals surface area (Å²) < 4.78 is 4.92. The predicted molar refractivity (Wildman–Crippen MR) is 48.3 cm³/mol. The average Bonchev–Trinajstić information content (AvgIpc) is 2.11. The number of ether oxygens (including phenoxy) is 1. The van der Waals surface area contributed by atoms with Gasteiger partial charge >= 0.3 is 0 Å². The first-order valence-electron chi connectivity index (χ1n) is 3.93. The topological polar surface area (TPSA) is 59.3 Å². The number of allylic oxidation sites excluding steroid dienone is 1. The van der Waals surface area contributed by atoms with Crippen LogP contribution in [0.25, 0.3) is 0 Å². The van der Waals surface area contributed by atoms with Crippen LogP contribution in [0.2, 0.25) is 0 Å². The van der Waals surface area contributed by atoms with Gasteiger partial charge in [-0.2, -0.15) is 5.26 Å². The Morgan fingerprint density at radius 1 is 1.77 bits per heavy atom. The van der Waals surface area contributed by atoms with Gasteiger partial charge in [0.1, 0.15) is 0 Å². The van der Waals surface area contributed by atoms with Gasteiger partial charge in [0.15, 0.2) is 0 Å². The molecule has 0 radical (unpaired) electrons. The van der Waals surface area contributed by atoms with Crippen LogP contribution in [-0.4, -0.2) is 25.3 Å². The molecule has 4 nitrogen and oxygen atoms in total. The zero-order valence-electron chi connectivity index (χ0n) is 7.70. The fourth-order valence-corrected chi connectivity index (χ4v) is 1.17. The smallest absolute Gasteiger partial charge is 0.0969 e. The molecule has 0 aromatic rings. The van der Waals surface area contributed by atoms with Crippen LogP contribution in [0, 0.1) is 16.5 Å². The van der Waals surface area contributed by atoms with Crippen LogP contribution in [0.4, 0.5) is 0 Å². The highest BCUT2D eigenvalue weighted by Crippen LogP contribution is 2.18. The van der Waals surface area contributed by atoms with E-state index in [1.54, 1.807) is 20.1 Å². The van der Waals surface area contributed by atoms with E-state index in [0.717, 1.165) is 10.6 Å². The minimum atomic E-state index is 0.136. The highest BCUT2D eigenvalue weighted by molar-refractivity contribution is 5.41. The van der Waals surface area contributed by atoms with Crippen molar-refractivity contribution in [2.45, 2.75) is 6.92 Å². The second kappa shape index (κ2) is 4.08. The van der Waals surface area contributed by atoms with E-state index in [1.807, 2.05) is 6.07 Å². The number of hydroxylamine groups is 2. The summed E-state index contributed by atoms with van der Waals surface area (Å²) in [6, 6.07) is 2.00. The van der Waals surface area contributed by atoms with E-state index in [-0.39, 0.29) is 6.54 Å². The molecular formula is C9H11N2O2-. The summed E-state index contributed by atoms with van der Waals surface area (Å²) in [5.41, 5.74) is 1.91. The van der Waals surface area contributed by atoms with E-state index in [4.69, 9.17) is 10.00 Å². The maximum Gasteiger partial charge on any atom is 0.0969 e. The molecule has 0 N–H and O–H groups in total. The molecule has 0 aliphatic carbocycles. The lowest BCUT2D eigenvalue weighted by Gasteiger charge is -2.34. The van der Waals surface area contributed by atoms with Gasteiger partial charge in [0.2, 0.25) is 0 Å². The first-order valence-corrected chi connectivity index (χ1v) is 3.93. The lowest BCUT2D eigenvalue weighted by Crippen LogP contribution is -2.22. The molecule has 0 unspecified atom stereocenters. The fraction of sp³-hybridized carbons (Fsp3) is 0.444. The third-order valence-corrected chi connectivity index (χ3v) is 1.90. The van der Waals surface area contributed by atoms with Gasteiger partial charge in [0, 0.05) is 19.4 Å². The Kier molecular flexibility index (Phi) is 3.07. The molecule has 0 aromatic carbocycles. The predicted octanol–water partition coefficient (Wildman–Crippen LogP) is 1.17. The van der Waals surface area contributed by atoms with Crippen molar-refractivity contribution in [1.82, 2.24) is 5.06 Å². The highest BCUT2D eigenvalue weighted by atomic mass is 16.5. The molecule has 13 heavy (non-hydrogen) atoms. The standard InChI is InChI=1S/C9H11N2O2/c1-7-3-8(6-13-2)9(4-10)5-11(7)12/h3H,5-6H2,1-2H3/q-1. The zero-order chi connectivity index (χ0) is 9.84. The molecule has 1 aliphatic heterocycles. The van der Waals surface area contributed by atoms with Crippen molar-refractivity contribution >= 4 is 0 Å². The quantitative estimate of drug-likeness (QED) is 0.638. The average molecular weight is 179 g/mol. The second-order valence-corrected chi connectivity index (χ2v) is 2.87. The summed E-state index contributed by atoms with van der Waals surface area (Å²) in [5, 5.41) is 20.7. The molecular weight excluding hydrogens is 168 g/mol. The third kappa shape index (κ3) is 2.08. The van der Waals surface area contributed by atoms with Crippen molar-refractivity contribution in [3.8, 4) is 6.07 Å². The molecule has 1 aliphatic rings. The van der Waals surface area contributed by atoms with Gasteiger partial charge in [-0.05, 0) is 18.6 Å². The summed E-state index contributed by atoms with van der Waals surface area (Å²) in [5.74, 6) is 0. The normalized spacial score (nSPS) is 17.1. The number of hydrogen-bond acceptors (Lipinski definition) is 4. The number of nitriles is 1. The lowest BCUT2D eigenvalue weighted by molar-refractivity contribution is 0.226. The fourth-order valence-electron chi connectivity index (χ4n) is 1.17. The van der Waals surface area contributed by atoms with Gasteiger partial charge < -0.3 is 15.0 Å². The third-order valence-electron chi connectivity index (χ3n) is 1.90. The molecule has 4 heteroatoms. The molecule has 0 aromatic heterocycles. The summed E-state index contributed by atoms with van der Waals surface area (Å²) >= 11 is 0. The van der Waals surface area contributed by atoms with E-state index in [2.05, 4.69) is 0 Å². The van der Waals surface area contributed by atoms with Crippen LogP contribution in [0.1, 0.15) is 6.92 Å². The zero-order valence-corrected chi connectivity index (χ0v) is 7.70. The van der Waals surface area contributed by atoms with Crippen LogP contribution in [0.15, 0.2) is 22.9 Å². The van der Waals surface area contributed by atoms with Crippen LogP contribution in [-0.2, 0) is 4.74 Å². The van der Waals surface area contributed by atoms with Crippen molar-refractivity contribution in [2.75, 3.05) is 20.3 Å². The van der Waals surface area contributed by atoms with E-state index >= 15 is 0 Å². The van der Waals surface area contributed by atoms with Gasteiger partial charge in [-0.15, -0.1) is 0 Å². The summed E-state index contributed by atoms with van der Waals surface area (Å²) in [6.45, 7) is 2.24. The molecule has 0 saturated carbocycles. The minimum absolute atomic E-state index is 0.136. The Balaban J connectivity index is 2.93. The molecule has 0 bridgehead atoms. The molecule has 0 fully saturated rings. The van der Waals surface area contributed by atoms with E-state index in [0.29, 0.717) is 17.9 Å². The molecule has 0 saturated heterocycles. The SMILES string of the molecule is COCC1=C(C#N)CN([O-])C(C)=C1. The maximum absolute atomic E-state index is 11.1. The van der Waals surface area contributed by atoms with E-state index < -0.39 is 0 Å². The summed E-state index contributed by atoms with van der Waals surface area (Å²) in [4.78, 5) is 0. The Morgan fingerprint density at radius 3 is 3.00 bits per heavy atom. The minimum Gasteiger partial charge on any atom is -0.758 e. The lowest BCUT2D eigenvalue weighted by atomic mass is 10.1. The maximum atomic E-state index is 11.1. The first kappa shape index (κ1) is 9.78. The Labute approximate surface area is 77.3 Å². The Morgan fingerprint density at radius 2 is 2.46 bits per heavy atom. The summed E-state index contributed by atoms with van der Waals surface area (Å²) in [7, 11) is 1.56. The second-order valence-electron chi connectivity index (χ2n) is 2.87. The number of rotatable bonds is 2. The molecule has 0 atom stereocenters. The highest BCUT2D eigenvalue weighted by Gasteiger charge is 2.11. The molecule has 70 valence electrons. The molecule has 1 rings (SSSR count). The number of methoxy groups -OCH3 is 1. The van der Waals surface area contributed by atoms with Gasteiger partial charge in [0.25, 0.3) is 0 Å². The van der Waals surface area contributed by atoms with Gasteiger partial charge in [0.05, 0.1) is 18.2 Å². The first-order chi connectivity index (χ1) is 6.19. The Hall–Kier alpha value is -1.31. The van der Waals surface area contributed by atoms with Crippen molar-refractivity contribution in [1.29, 1.82) is 5.26 Å².